The molecule has 0 aliphatic heterocycles. The van der Waals surface area contributed by atoms with Gasteiger partial charge < -0.3 is 0 Å². The third kappa shape index (κ3) is 2.57. The van der Waals surface area contributed by atoms with Crippen LogP contribution in [0.15, 0.2) is 91.0 Å². The Morgan fingerprint density at radius 2 is 1.08 bits per heavy atom. The number of benzene rings is 3. The summed E-state index contributed by atoms with van der Waals surface area (Å²) in [6, 6.07) is 29.6. The summed E-state index contributed by atoms with van der Waals surface area (Å²) in [5.74, 6) is 0. The number of rotatable bonds is 7. The van der Waals surface area contributed by atoms with E-state index in [1.807, 2.05) is 91.0 Å². The summed E-state index contributed by atoms with van der Waals surface area (Å²) >= 11 is 0. The SMILES string of the molecule is CCCCP(C(=O)O)(c1ccccc1)(c1ccccc1)c1ccccc1. The van der Waals surface area contributed by atoms with Crippen molar-refractivity contribution >= 4 is 28.2 Å². The van der Waals surface area contributed by atoms with Gasteiger partial charge in [-0.25, -0.2) is 0 Å². The van der Waals surface area contributed by atoms with E-state index >= 15 is 0 Å². The molecule has 3 rings (SSSR count). The van der Waals surface area contributed by atoms with Crippen molar-refractivity contribution in [3.63, 3.8) is 0 Å². The zero-order chi connectivity index (χ0) is 18.5. The van der Waals surface area contributed by atoms with E-state index in [0.29, 0.717) is 6.16 Å². The van der Waals surface area contributed by atoms with Crippen LogP contribution in [0.25, 0.3) is 0 Å². The van der Waals surface area contributed by atoms with Crippen LogP contribution >= 0.6 is 6.60 Å². The molecule has 0 bridgehead atoms. The van der Waals surface area contributed by atoms with Crippen LogP contribution < -0.4 is 15.9 Å². The van der Waals surface area contributed by atoms with Crippen molar-refractivity contribution in [1.82, 2.24) is 0 Å². The third-order valence-corrected chi connectivity index (χ3v) is 11.7. The summed E-state index contributed by atoms with van der Waals surface area (Å²) < 4.78 is 0. The van der Waals surface area contributed by atoms with Gasteiger partial charge in [0.1, 0.15) is 0 Å². The molecule has 0 aromatic heterocycles. The Bertz CT molecular complexity index is 761. The molecule has 134 valence electrons. The van der Waals surface area contributed by atoms with E-state index < -0.39 is 12.3 Å². The first-order valence-electron chi connectivity index (χ1n) is 9.08. The second-order valence-corrected chi connectivity index (χ2v) is 11.7. The molecule has 3 aromatic carbocycles. The third-order valence-electron chi connectivity index (χ3n) is 5.36. The summed E-state index contributed by atoms with van der Waals surface area (Å²) in [4.78, 5) is 13.3. The van der Waals surface area contributed by atoms with Gasteiger partial charge >= 0.3 is 155 Å². The van der Waals surface area contributed by atoms with E-state index in [1.54, 1.807) is 0 Å². The Hall–Kier alpha value is -2.44. The summed E-state index contributed by atoms with van der Waals surface area (Å²) in [7, 11) is 0. The van der Waals surface area contributed by atoms with Gasteiger partial charge in [-0.3, -0.25) is 0 Å². The molecule has 0 aliphatic rings. The van der Waals surface area contributed by atoms with Gasteiger partial charge in [0.25, 0.3) is 0 Å². The molecular formula is C23H25O2P. The van der Waals surface area contributed by atoms with E-state index in [9.17, 15) is 9.90 Å². The number of carbonyl (C=O) groups is 1. The average molecular weight is 364 g/mol. The van der Waals surface area contributed by atoms with Crippen LogP contribution in [0.1, 0.15) is 19.8 Å². The molecule has 0 heterocycles. The molecule has 0 radical (unpaired) electrons. The van der Waals surface area contributed by atoms with Crippen LogP contribution in [0.4, 0.5) is 4.79 Å². The van der Waals surface area contributed by atoms with Crippen molar-refractivity contribution < 1.29 is 9.90 Å². The molecule has 3 heteroatoms. The number of unbranched alkanes of at least 4 members (excludes halogenated alkanes) is 1. The van der Waals surface area contributed by atoms with Gasteiger partial charge in [-0.05, 0) is 0 Å². The monoisotopic (exact) mass is 364 g/mol. The van der Waals surface area contributed by atoms with E-state index in [1.165, 1.54) is 0 Å². The quantitative estimate of drug-likeness (QED) is 0.600. The van der Waals surface area contributed by atoms with Crippen molar-refractivity contribution in [2.75, 3.05) is 6.16 Å². The number of carboxylic acid groups (broad SMARTS) is 1. The second kappa shape index (κ2) is 7.43. The fraction of sp³-hybridized carbons (Fsp3) is 0.174. The van der Waals surface area contributed by atoms with Crippen molar-refractivity contribution in [3.8, 4) is 0 Å². The molecule has 0 unspecified atom stereocenters. The predicted molar refractivity (Wildman–Crippen MR) is 113 cm³/mol. The predicted octanol–water partition coefficient (Wildman–Crippen LogP) is 4.99. The van der Waals surface area contributed by atoms with E-state index in [4.69, 9.17) is 0 Å². The molecule has 0 aliphatic carbocycles. The Morgan fingerprint density at radius 3 is 1.35 bits per heavy atom. The Labute approximate surface area is 155 Å². The van der Waals surface area contributed by atoms with Crippen molar-refractivity contribution in [1.29, 1.82) is 0 Å². The first-order chi connectivity index (χ1) is 12.7. The summed E-state index contributed by atoms with van der Waals surface area (Å²) in [5.41, 5.74) is -0.701. The van der Waals surface area contributed by atoms with Gasteiger partial charge in [0.2, 0.25) is 0 Å². The molecule has 0 saturated carbocycles. The van der Waals surface area contributed by atoms with Gasteiger partial charge in [-0.2, -0.15) is 0 Å². The summed E-state index contributed by atoms with van der Waals surface area (Å²) in [6.45, 7) is -1.55. The topological polar surface area (TPSA) is 37.3 Å². The normalized spacial score (nSPS) is 12.9. The standard InChI is InChI=1S/C23H25O2P/c1-2-3-19-26(23(24)25,20-13-7-4-8-14-20,21-15-9-5-10-16-21)22-17-11-6-12-18-22/h4-18H,2-3,19H2,1H3,(H,24,25). The number of hydrogen-bond donors (Lipinski definition) is 1. The maximum absolute atomic E-state index is 13.3. The zero-order valence-corrected chi connectivity index (χ0v) is 16.0. The summed E-state index contributed by atoms with van der Waals surface area (Å²) in [6.07, 6.45) is 2.45. The first-order valence-corrected chi connectivity index (χ1v) is 11.5. The van der Waals surface area contributed by atoms with Gasteiger partial charge in [-0.1, -0.05) is 0 Å². The zero-order valence-electron chi connectivity index (χ0n) is 15.1. The van der Waals surface area contributed by atoms with Gasteiger partial charge in [0.05, 0.1) is 0 Å². The minimum atomic E-state index is -3.67. The van der Waals surface area contributed by atoms with Crippen molar-refractivity contribution in [2.24, 2.45) is 0 Å². The van der Waals surface area contributed by atoms with E-state index in [0.717, 1.165) is 28.8 Å². The molecule has 0 spiro atoms. The van der Waals surface area contributed by atoms with Gasteiger partial charge in [0.15, 0.2) is 0 Å². The molecule has 0 saturated heterocycles. The van der Waals surface area contributed by atoms with Gasteiger partial charge in [0, 0.05) is 0 Å². The fourth-order valence-corrected chi connectivity index (χ4v) is 9.97. The maximum atomic E-state index is 13.3. The molecule has 1 N–H and O–H groups in total. The first kappa shape index (κ1) is 18.4. The van der Waals surface area contributed by atoms with Crippen LogP contribution in [-0.2, 0) is 0 Å². The molecule has 0 amide bonds. The second-order valence-electron chi connectivity index (χ2n) is 6.67. The number of hydrogen-bond acceptors (Lipinski definition) is 1. The van der Waals surface area contributed by atoms with E-state index in [-0.39, 0.29) is 0 Å². The van der Waals surface area contributed by atoms with Crippen LogP contribution in [0, 0.1) is 0 Å². The van der Waals surface area contributed by atoms with Crippen LogP contribution in [0.2, 0.25) is 0 Å². The van der Waals surface area contributed by atoms with Crippen LogP contribution in [-0.4, -0.2) is 17.0 Å². The molecule has 0 atom stereocenters. The van der Waals surface area contributed by atoms with Gasteiger partial charge in [-0.15, -0.1) is 0 Å². The molecule has 0 fully saturated rings. The fourth-order valence-electron chi connectivity index (χ4n) is 4.01. The van der Waals surface area contributed by atoms with Crippen LogP contribution in [0.3, 0.4) is 0 Å². The van der Waals surface area contributed by atoms with E-state index in [2.05, 4.69) is 6.92 Å². The molecule has 3 aromatic rings. The average Bonchev–Trinajstić information content (AvgIpc) is 2.71. The Balaban J connectivity index is 2.52. The van der Waals surface area contributed by atoms with Crippen molar-refractivity contribution in [2.45, 2.75) is 19.8 Å². The Morgan fingerprint density at radius 1 is 0.731 bits per heavy atom. The molecule has 26 heavy (non-hydrogen) atoms. The van der Waals surface area contributed by atoms with Crippen molar-refractivity contribution in [3.05, 3.63) is 91.0 Å². The Kier molecular flexibility index (Phi) is 5.25. The summed E-state index contributed by atoms with van der Waals surface area (Å²) in [5, 5.41) is 13.7. The molecular weight excluding hydrogens is 339 g/mol. The minimum absolute atomic E-state index is 0.634. The molecule has 2 nitrogen and oxygen atoms in total. The van der Waals surface area contributed by atoms with Crippen LogP contribution in [0.5, 0.6) is 0 Å².